The van der Waals surface area contributed by atoms with Gasteiger partial charge in [0, 0.05) is 24.0 Å². The van der Waals surface area contributed by atoms with Crippen LogP contribution >= 0.6 is 15.9 Å². The highest BCUT2D eigenvalue weighted by molar-refractivity contribution is 9.10. The van der Waals surface area contributed by atoms with E-state index in [4.69, 9.17) is 9.47 Å². The summed E-state index contributed by atoms with van der Waals surface area (Å²) in [5.41, 5.74) is 1.22. The summed E-state index contributed by atoms with van der Waals surface area (Å²) in [7, 11) is 0. The fraction of sp³-hybridized carbons (Fsp3) is 0.304. The Morgan fingerprint density at radius 2 is 1.97 bits per heavy atom. The molecule has 8 nitrogen and oxygen atoms in total. The second-order valence-corrected chi connectivity index (χ2v) is 8.17. The lowest BCUT2D eigenvalue weighted by Gasteiger charge is -2.26. The smallest absolute Gasteiger partial charge is 0.282 e. The molecule has 1 fully saturated rings. The highest BCUT2D eigenvalue weighted by Gasteiger charge is 2.17. The van der Waals surface area contributed by atoms with E-state index in [9.17, 15) is 9.59 Å². The zero-order chi connectivity index (χ0) is 22.5. The molecule has 166 valence electrons. The summed E-state index contributed by atoms with van der Waals surface area (Å²) < 4.78 is 13.0. The molecular formula is C23H23BrN4O4. The normalized spacial score (nSPS) is 14.2. The largest absolute Gasteiger partial charge is 0.484 e. The van der Waals surface area contributed by atoms with Crippen LogP contribution in [0.5, 0.6) is 5.75 Å². The molecule has 0 atom stereocenters. The molecule has 0 unspecified atom stereocenters. The predicted molar refractivity (Wildman–Crippen MR) is 125 cm³/mol. The number of aromatic nitrogens is 2. The summed E-state index contributed by atoms with van der Waals surface area (Å²) >= 11 is 3.40. The minimum Gasteiger partial charge on any atom is -0.484 e. The Bertz CT molecular complexity index is 1200. The second-order valence-electron chi connectivity index (χ2n) is 7.26. The predicted octanol–water partition coefficient (Wildman–Crippen LogP) is 2.84. The number of nitrogens with zero attached hydrogens (tertiary/aromatic N) is 4. The summed E-state index contributed by atoms with van der Waals surface area (Å²) in [6, 6.07) is 12.6. The zero-order valence-electron chi connectivity index (χ0n) is 17.7. The van der Waals surface area contributed by atoms with Crippen LogP contribution in [0, 0.1) is 0 Å². The number of aryl methyl sites for hydroxylation is 1. The van der Waals surface area contributed by atoms with E-state index in [0.717, 1.165) is 10.0 Å². The third kappa shape index (κ3) is 5.05. The molecule has 2 aromatic carbocycles. The van der Waals surface area contributed by atoms with Gasteiger partial charge in [0.1, 0.15) is 11.6 Å². The Morgan fingerprint density at radius 3 is 2.69 bits per heavy atom. The van der Waals surface area contributed by atoms with Crippen molar-refractivity contribution in [1.29, 1.82) is 0 Å². The molecule has 0 saturated carbocycles. The number of rotatable bonds is 6. The van der Waals surface area contributed by atoms with Crippen LogP contribution in [-0.4, -0.2) is 59.6 Å². The first-order valence-electron chi connectivity index (χ1n) is 10.4. The van der Waals surface area contributed by atoms with Crippen molar-refractivity contribution in [2.45, 2.75) is 13.3 Å². The van der Waals surface area contributed by atoms with Gasteiger partial charge in [0.05, 0.1) is 30.3 Å². The first kappa shape index (κ1) is 22.2. The number of benzene rings is 2. The molecule has 9 heteroatoms. The lowest BCUT2D eigenvalue weighted by Crippen LogP contribution is -2.42. The topological polar surface area (TPSA) is 86.0 Å². The lowest BCUT2D eigenvalue weighted by molar-refractivity contribution is -0.137. The molecule has 1 saturated heterocycles. The zero-order valence-corrected chi connectivity index (χ0v) is 19.2. The van der Waals surface area contributed by atoms with Crippen LogP contribution in [0.15, 0.2) is 56.8 Å². The van der Waals surface area contributed by atoms with Gasteiger partial charge in [-0.25, -0.2) is 4.98 Å². The third-order valence-corrected chi connectivity index (χ3v) is 5.61. The van der Waals surface area contributed by atoms with Crippen LogP contribution in [0.25, 0.3) is 10.9 Å². The minimum atomic E-state index is -0.217. The van der Waals surface area contributed by atoms with Crippen LogP contribution in [0.2, 0.25) is 0 Å². The third-order valence-electron chi connectivity index (χ3n) is 5.12. The number of amides is 1. The summed E-state index contributed by atoms with van der Waals surface area (Å²) in [4.78, 5) is 31.4. The average Bonchev–Trinajstić information content (AvgIpc) is 2.83. The Morgan fingerprint density at radius 1 is 1.22 bits per heavy atom. The van der Waals surface area contributed by atoms with E-state index in [0.29, 0.717) is 55.2 Å². The Kier molecular flexibility index (Phi) is 6.96. The van der Waals surface area contributed by atoms with Gasteiger partial charge in [0.15, 0.2) is 6.61 Å². The quantitative estimate of drug-likeness (QED) is 0.487. The molecule has 0 aliphatic carbocycles. The van der Waals surface area contributed by atoms with E-state index in [1.54, 1.807) is 29.3 Å². The van der Waals surface area contributed by atoms with E-state index < -0.39 is 0 Å². The van der Waals surface area contributed by atoms with Gasteiger partial charge in [-0.3, -0.25) is 9.59 Å². The maximum absolute atomic E-state index is 12.9. The van der Waals surface area contributed by atoms with Crippen molar-refractivity contribution in [3.63, 3.8) is 0 Å². The van der Waals surface area contributed by atoms with Gasteiger partial charge < -0.3 is 14.4 Å². The first-order chi connectivity index (χ1) is 15.5. The maximum Gasteiger partial charge on any atom is 0.282 e. The molecule has 0 spiro atoms. The van der Waals surface area contributed by atoms with Crippen molar-refractivity contribution < 1.29 is 14.3 Å². The van der Waals surface area contributed by atoms with Crippen molar-refractivity contribution in [1.82, 2.24) is 14.6 Å². The van der Waals surface area contributed by atoms with E-state index in [-0.39, 0.29) is 18.1 Å². The monoisotopic (exact) mass is 498 g/mol. The molecule has 2 heterocycles. The fourth-order valence-corrected chi connectivity index (χ4v) is 3.73. The van der Waals surface area contributed by atoms with Gasteiger partial charge in [0.2, 0.25) is 0 Å². The molecule has 32 heavy (non-hydrogen) atoms. The van der Waals surface area contributed by atoms with Crippen molar-refractivity contribution in [3.05, 3.63) is 68.7 Å². The second kappa shape index (κ2) is 10.1. The van der Waals surface area contributed by atoms with E-state index in [2.05, 4.69) is 26.0 Å². The van der Waals surface area contributed by atoms with Gasteiger partial charge in [-0.1, -0.05) is 22.9 Å². The van der Waals surface area contributed by atoms with Gasteiger partial charge >= 0.3 is 0 Å². The molecule has 4 rings (SSSR count). The lowest BCUT2D eigenvalue weighted by atomic mass is 10.2. The summed E-state index contributed by atoms with van der Waals surface area (Å²) in [6.07, 6.45) is 2.18. The van der Waals surface area contributed by atoms with Crippen LogP contribution in [0.4, 0.5) is 0 Å². The molecule has 0 N–H and O–H groups in total. The van der Waals surface area contributed by atoms with Crippen LogP contribution in [0.1, 0.15) is 18.3 Å². The summed E-state index contributed by atoms with van der Waals surface area (Å²) in [5, 5.41) is 4.88. The van der Waals surface area contributed by atoms with Gasteiger partial charge in [0.25, 0.3) is 11.5 Å². The average molecular weight is 499 g/mol. The molecule has 0 radical (unpaired) electrons. The number of morpholine rings is 1. The highest BCUT2D eigenvalue weighted by Crippen LogP contribution is 2.16. The highest BCUT2D eigenvalue weighted by atomic mass is 79.9. The Labute approximate surface area is 193 Å². The first-order valence-corrected chi connectivity index (χ1v) is 11.2. The molecule has 1 amide bonds. The number of carbonyl (C=O) groups is 1. The fourth-order valence-electron chi connectivity index (χ4n) is 3.37. The van der Waals surface area contributed by atoms with Gasteiger partial charge in [-0.2, -0.15) is 9.78 Å². The van der Waals surface area contributed by atoms with Crippen molar-refractivity contribution in [3.8, 4) is 5.75 Å². The number of hydrogen-bond acceptors (Lipinski definition) is 6. The molecule has 0 bridgehead atoms. The van der Waals surface area contributed by atoms with Gasteiger partial charge in [-0.05, 0) is 48.0 Å². The van der Waals surface area contributed by atoms with E-state index in [1.807, 2.05) is 31.2 Å². The summed E-state index contributed by atoms with van der Waals surface area (Å²) in [6.45, 7) is 4.23. The van der Waals surface area contributed by atoms with E-state index in [1.165, 1.54) is 4.68 Å². The molecule has 1 aliphatic rings. The molecule has 1 aromatic heterocycles. The number of halogens is 1. The maximum atomic E-state index is 12.9. The minimum absolute atomic E-state index is 0.0129. The Balaban J connectivity index is 1.47. The van der Waals surface area contributed by atoms with Crippen molar-refractivity contribution in [2.24, 2.45) is 5.10 Å². The van der Waals surface area contributed by atoms with Crippen LogP contribution in [-0.2, 0) is 16.0 Å². The van der Waals surface area contributed by atoms with Crippen molar-refractivity contribution in [2.75, 3.05) is 32.9 Å². The standard InChI is InChI=1S/C23H23BrN4O4/c1-2-21-26-20-8-5-17(24)13-19(20)23(30)28(21)25-14-16-3-6-18(7-4-16)32-15-22(29)27-9-11-31-12-10-27/h3-8,13-14H,2,9-12,15H2,1H3. The Hall–Kier alpha value is -3.04. The van der Waals surface area contributed by atoms with E-state index >= 15 is 0 Å². The van der Waals surface area contributed by atoms with Gasteiger partial charge in [-0.15, -0.1) is 0 Å². The number of ether oxygens (including phenoxy) is 2. The molecule has 1 aliphatic heterocycles. The molecular weight excluding hydrogens is 476 g/mol. The summed E-state index contributed by atoms with van der Waals surface area (Å²) in [5.74, 6) is 1.12. The van der Waals surface area contributed by atoms with Crippen LogP contribution in [0.3, 0.4) is 0 Å². The number of fused-ring (bicyclic) bond motifs is 1. The number of carbonyl (C=O) groups excluding carboxylic acids is 1. The van der Waals surface area contributed by atoms with Crippen molar-refractivity contribution >= 4 is 39.0 Å². The SMILES string of the molecule is CCc1nc2ccc(Br)cc2c(=O)n1N=Cc1ccc(OCC(=O)N2CCOCC2)cc1. The van der Waals surface area contributed by atoms with Crippen LogP contribution < -0.4 is 10.3 Å². The number of hydrogen-bond donors (Lipinski definition) is 0. The molecule has 3 aromatic rings.